The third-order valence-corrected chi connectivity index (χ3v) is 3.37. The maximum Gasteiger partial charge on any atom is 0.349 e. The molecule has 0 N–H and O–H groups in total. The van der Waals surface area contributed by atoms with Gasteiger partial charge in [0.1, 0.15) is 15.6 Å². The van der Waals surface area contributed by atoms with E-state index in [2.05, 4.69) is 4.98 Å². The first kappa shape index (κ1) is 12.1. The van der Waals surface area contributed by atoms with Crippen molar-refractivity contribution in [3.05, 3.63) is 16.1 Å². The minimum atomic E-state index is -3.11. The summed E-state index contributed by atoms with van der Waals surface area (Å²) in [6.07, 6.45) is 2.46. The van der Waals surface area contributed by atoms with Gasteiger partial charge in [0.15, 0.2) is 9.84 Å². The molecule has 7 heteroatoms. The summed E-state index contributed by atoms with van der Waals surface area (Å²) in [7, 11) is -3.11. The summed E-state index contributed by atoms with van der Waals surface area (Å²) in [5, 5.41) is 0.403. The van der Waals surface area contributed by atoms with Gasteiger partial charge in [0, 0.05) is 6.26 Å². The van der Waals surface area contributed by atoms with Crippen LogP contribution in [0, 0.1) is 0 Å². The molecule has 0 radical (unpaired) electrons. The number of sulfone groups is 1. The molecular weight excluding hydrogens is 238 g/mol. The van der Waals surface area contributed by atoms with E-state index in [0.717, 1.165) is 17.6 Å². The number of rotatable bonds is 4. The smallest absolute Gasteiger partial charge is 0.349 e. The van der Waals surface area contributed by atoms with Crippen LogP contribution in [-0.2, 0) is 20.3 Å². The van der Waals surface area contributed by atoms with E-state index in [1.165, 1.54) is 6.20 Å². The molecule has 0 saturated carbocycles. The Morgan fingerprint density at radius 3 is 2.80 bits per heavy atom. The lowest BCUT2D eigenvalue weighted by Gasteiger charge is -1.95. The van der Waals surface area contributed by atoms with Crippen molar-refractivity contribution in [1.82, 2.24) is 4.98 Å². The first-order valence-electron chi connectivity index (χ1n) is 4.22. The molecule has 0 unspecified atom stereocenters. The van der Waals surface area contributed by atoms with Gasteiger partial charge in [0.05, 0.1) is 12.8 Å². The molecule has 1 aromatic heterocycles. The minimum absolute atomic E-state index is 0.142. The Kier molecular flexibility index (Phi) is 3.81. The van der Waals surface area contributed by atoms with Crippen molar-refractivity contribution in [2.45, 2.75) is 12.7 Å². The van der Waals surface area contributed by atoms with Crippen LogP contribution in [0.25, 0.3) is 0 Å². The van der Waals surface area contributed by atoms with Crippen molar-refractivity contribution in [3.8, 4) is 0 Å². The first-order chi connectivity index (χ1) is 6.92. The van der Waals surface area contributed by atoms with E-state index in [4.69, 9.17) is 4.74 Å². The summed E-state index contributed by atoms with van der Waals surface area (Å²) in [4.78, 5) is 15.4. The third-order valence-electron chi connectivity index (χ3n) is 1.42. The molecule has 0 aliphatic rings. The Labute approximate surface area is 92.0 Å². The number of carbonyl (C=O) groups excluding carboxylic acids is 1. The van der Waals surface area contributed by atoms with Crippen LogP contribution in [0.4, 0.5) is 0 Å². The van der Waals surface area contributed by atoms with Gasteiger partial charge in [-0.25, -0.2) is 18.2 Å². The molecule has 84 valence electrons. The molecule has 0 bridgehead atoms. The fraction of sp³-hybridized carbons (Fsp3) is 0.500. The highest BCUT2D eigenvalue weighted by molar-refractivity contribution is 7.90. The van der Waals surface area contributed by atoms with Crippen molar-refractivity contribution in [2.75, 3.05) is 12.9 Å². The summed E-state index contributed by atoms with van der Waals surface area (Å²) in [5.41, 5.74) is 0. The second kappa shape index (κ2) is 4.71. The van der Waals surface area contributed by atoms with Gasteiger partial charge in [-0.1, -0.05) is 0 Å². The lowest BCUT2D eigenvalue weighted by atomic mass is 10.6. The van der Waals surface area contributed by atoms with E-state index in [0.29, 0.717) is 9.88 Å². The zero-order valence-corrected chi connectivity index (χ0v) is 10.0. The van der Waals surface area contributed by atoms with Gasteiger partial charge in [0.25, 0.3) is 0 Å². The Morgan fingerprint density at radius 1 is 1.60 bits per heavy atom. The van der Waals surface area contributed by atoms with E-state index in [-0.39, 0.29) is 12.4 Å². The maximum absolute atomic E-state index is 11.2. The van der Waals surface area contributed by atoms with Crippen LogP contribution in [0.3, 0.4) is 0 Å². The number of nitrogens with zero attached hydrogens (tertiary/aromatic N) is 1. The van der Waals surface area contributed by atoms with Crippen molar-refractivity contribution < 1.29 is 17.9 Å². The molecule has 0 saturated heterocycles. The van der Waals surface area contributed by atoms with E-state index in [9.17, 15) is 13.2 Å². The summed E-state index contributed by atoms with van der Waals surface area (Å²) in [5.74, 6) is -0.605. The molecule has 0 amide bonds. The van der Waals surface area contributed by atoms with Crippen molar-refractivity contribution in [2.24, 2.45) is 0 Å². The van der Waals surface area contributed by atoms with Gasteiger partial charge in [-0.05, 0) is 6.92 Å². The van der Waals surface area contributed by atoms with Crippen molar-refractivity contribution in [3.63, 3.8) is 0 Å². The van der Waals surface area contributed by atoms with Crippen molar-refractivity contribution >= 4 is 27.1 Å². The molecule has 0 atom stereocenters. The Morgan fingerprint density at radius 2 is 2.27 bits per heavy atom. The monoisotopic (exact) mass is 249 g/mol. The summed E-state index contributed by atoms with van der Waals surface area (Å²) in [6, 6.07) is 0. The average Bonchev–Trinajstić information content (AvgIpc) is 2.50. The fourth-order valence-electron chi connectivity index (χ4n) is 0.898. The van der Waals surface area contributed by atoms with Gasteiger partial charge >= 0.3 is 5.97 Å². The summed E-state index contributed by atoms with van der Waals surface area (Å²) < 4.78 is 26.7. The van der Waals surface area contributed by atoms with E-state index < -0.39 is 15.8 Å². The minimum Gasteiger partial charge on any atom is -0.462 e. The number of esters is 1. The van der Waals surface area contributed by atoms with Crippen LogP contribution in [0.5, 0.6) is 0 Å². The van der Waals surface area contributed by atoms with Crippen LogP contribution >= 0.6 is 11.3 Å². The number of hydrogen-bond donors (Lipinski definition) is 0. The Balaban J connectivity index is 2.77. The van der Waals surface area contributed by atoms with E-state index >= 15 is 0 Å². The molecule has 0 aromatic carbocycles. The normalized spacial score (nSPS) is 11.3. The zero-order valence-electron chi connectivity index (χ0n) is 8.39. The predicted molar refractivity (Wildman–Crippen MR) is 56.6 cm³/mol. The molecule has 0 spiro atoms. The number of aromatic nitrogens is 1. The molecule has 1 aromatic rings. The number of ether oxygens (including phenoxy) is 1. The first-order valence-corrected chi connectivity index (χ1v) is 7.09. The average molecular weight is 249 g/mol. The van der Waals surface area contributed by atoms with Crippen LogP contribution in [0.1, 0.15) is 21.6 Å². The van der Waals surface area contributed by atoms with Crippen LogP contribution in [0.15, 0.2) is 6.20 Å². The largest absolute Gasteiger partial charge is 0.462 e. The van der Waals surface area contributed by atoms with E-state index in [1.54, 1.807) is 6.92 Å². The standard InChI is InChI=1S/C8H11NO4S2/c1-3-13-8(10)6-4-9-7(14-6)5-15(2,11)12/h4H,3,5H2,1-2H3. The van der Waals surface area contributed by atoms with Gasteiger partial charge in [0.2, 0.25) is 0 Å². The molecule has 1 rings (SSSR count). The molecule has 5 nitrogen and oxygen atoms in total. The summed E-state index contributed by atoms with van der Waals surface area (Å²) >= 11 is 1.04. The predicted octanol–water partition coefficient (Wildman–Crippen LogP) is 0.864. The van der Waals surface area contributed by atoms with E-state index in [1.807, 2.05) is 0 Å². The second-order valence-electron chi connectivity index (χ2n) is 2.91. The highest BCUT2D eigenvalue weighted by atomic mass is 32.2. The lowest BCUT2D eigenvalue weighted by Crippen LogP contribution is -2.01. The number of thiazole rings is 1. The third kappa shape index (κ3) is 3.96. The van der Waals surface area contributed by atoms with Crippen LogP contribution < -0.4 is 0 Å². The quantitative estimate of drug-likeness (QED) is 0.740. The molecule has 1 heterocycles. The Hall–Kier alpha value is -0.950. The molecule has 0 fully saturated rings. The highest BCUT2D eigenvalue weighted by Crippen LogP contribution is 2.16. The Bertz CT molecular complexity index is 449. The zero-order chi connectivity index (χ0) is 11.5. The van der Waals surface area contributed by atoms with Gasteiger partial charge in [-0.3, -0.25) is 0 Å². The van der Waals surface area contributed by atoms with Crippen LogP contribution in [-0.4, -0.2) is 32.2 Å². The van der Waals surface area contributed by atoms with Gasteiger partial charge < -0.3 is 4.74 Å². The summed E-state index contributed by atoms with van der Waals surface area (Å²) in [6.45, 7) is 1.99. The molecule has 0 aliphatic heterocycles. The number of hydrogen-bond acceptors (Lipinski definition) is 6. The molecule has 15 heavy (non-hydrogen) atoms. The highest BCUT2D eigenvalue weighted by Gasteiger charge is 2.14. The van der Waals surface area contributed by atoms with Crippen LogP contribution in [0.2, 0.25) is 0 Å². The topological polar surface area (TPSA) is 73.3 Å². The SMILES string of the molecule is CCOC(=O)c1cnc(CS(C)(=O)=O)s1. The van der Waals surface area contributed by atoms with Crippen molar-refractivity contribution in [1.29, 1.82) is 0 Å². The fourth-order valence-corrected chi connectivity index (χ4v) is 2.91. The number of carbonyl (C=O) groups is 1. The molecule has 0 aliphatic carbocycles. The van der Waals surface area contributed by atoms with Gasteiger partial charge in [-0.2, -0.15) is 0 Å². The maximum atomic E-state index is 11.2. The lowest BCUT2D eigenvalue weighted by molar-refractivity contribution is 0.0532. The second-order valence-corrected chi connectivity index (χ2v) is 6.16. The van der Waals surface area contributed by atoms with Gasteiger partial charge in [-0.15, -0.1) is 11.3 Å². The molecular formula is C8H11NO4S2.